The lowest BCUT2D eigenvalue weighted by Crippen LogP contribution is -2.38. The van der Waals surface area contributed by atoms with Crippen molar-refractivity contribution in [3.8, 4) is 0 Å². The van der Waals surface area contributed by atoms with Gasteiger partial charge in [0.1, 0.15) is 6.54 Å². The molecule has 0 heterocycles. The number of amides is 2. The van der Waals surface area contributed by atoms with Gasteiger partial charge in [-0.3, -0.25) is 13.9 Å². The largest absolute Gasteiger partial charge is 0.352 e. The predicted octanol–water partition coefficient (Wildman–Crippen LogP) is 4.37. The van der Waals surface area contributed by atoms with Crippen LogP contribution in [-0.4, -0.2) is 39.6 Å². The second-order valence-electron chi connectivity index (χ2n) is 7.45. The Morgan fingerprint density at radius 3 is 2.29 bits per heavy atom. The van der Waals surface area contributed by atoms with E-state index >= 15 is 0 Å². The molecule has 0 aliphatic carbocycles. The summed E-state index contributed by atoms with van der Waals surface area (Å²) in [7, 11) is -3.84. The van der Waals surface area contributed by atoms with Crippen molar-refractivity contribution < 1.29 is 18.0 Å². The molecule has 0 aliphatic heterocycles. The maximum absolute atomic E-state index is 12.8. The van der Waals surface area contributed by atoms with E-state index in [9.17, 15) is 18.0 Å². The van der Waals surface area contributed by atoms with E-state index in [1.165, 1.54) is 18.2 Å². The minimum Gasteiger partial charge on any atom is -0.352 e. The molecule has 0 aromatic heterocycles. The average molecular weight is 520 g/mol. The lowest BCUT2D eigenvalue weighted by Gasteiger charge is -2.23. The van der Waals surface area contributed by atoms with Gasteiger partial charge in [0.25, 0.3) is 5.91 Å². The summed E-state index contributed by atoms with van der Waals surface area (Å²) in [4.78, 5) is 25.5. The molecule has 2 amide bonds. The van der Waals surface area contributed by atoms with Gasteiger partial charge in [0.05, 0.1) is 28.2 Å². The van der Waals surface area contributed by atoms with E-state index in [0.717, 1.165) is 16.1 Å². The molecule has 0 saturated heterocycles. The molecule has 0 unspecified atom stereocenters. The normalized spacial score (nSPS) is 11.0. The van der Waals surface area contributed by atoms with E-state index in [4.69, 9.17) is 23.2 Å². The number of sulfonamides is 1. The number of nitrogens with one attached hydrogen (secondary N) is 2. The summed E-state index contributed by atoms with van der Waals surface area (Å²) in [6.45, 7) is -0.119. The fourth-order valence-electron chi connectivity index (χ4n) is 3.24. The lowest BCUT2D eigenvalue weighted by molar-refractivity contribution is -0.114. The second kappa shape index (κ2) is 11.4. The summed E-state index contributed by atoms with van der Waals surface area (Å²) in [6.07, 6.45) is 1.63. The molecule has 0 bridgehead atoms. The van der Waals surface area contributed by atoms with E-state index in [-0.39, 0.29) is 27.9 Å². The minimum absolute atomic E-state index is 0.0870. The fourth-order valence-corrected chi connectivity index (χ4v) is 4.66. The zero-order valence-electron chi connectivity index (χ0n) is 18.3. The van der Waals surface area contributed by atoms with Crippen LogP contribution in [-0.2, 0) is 21.2 Å². The zero-order valence-corrected chi connectivity index (χ0v) is 20.6. The van der Waals surface area contributed by atoms with Gasteiger partial charge >= 0.3 is 0 Å². The van der Waals surface area contributed by atoms with Gasteiger partial charge in [-0.2, -0.15) is 0 Å². The van der Waals surface area contributed by atoms with E-state index < -0.39 is 22.5 Å². The fraction of sp³-hybridized carbons (Fsp3) is 0.167. The summed E-state index contributed by atoms with van der Waals surface area (Å²) < 4.78 is 25.6. The first-order valence-electron chi connectivity index (χ1n) is 10.3. The third-order valence-electron chi connectivity index (χ3n) is 4.85. The molecule has 178 valence electrons. The number of hydrogen-bond acceptors (Lipinski definition) is 4. The Bertz CT molecular complexity index is 1280. The Morgan fingerprint density at radius 2 is 1.62 bits per heavy atom. The molecule has 34 heavy (non-hydrogen) atoms. The molecule has 0 spiro atoms. The van der Waals surface area contributed by atoms with Crippen LogP contribution in [0.2, 0.25) is 10.0 Å². The summed E-state index contributed by atoms with van der Waals surface area (Å²) in [5.74, 6) is -0.992. The van der Waals surface area contributed by atoms with Crippen LogP contribution in [0.3, 0.4) is 0 Å². The van der Waals surface area contributed by atoms with E-state index in [2.05, 4.69) is 10.6 Å². The monoisotopic (exact) mass is 519 g/mol. The van der Waals surface area contributed by atoms with E-state index in [1.807, 2.05) is 30.3 Å². The number of carbonyl (C=O) groups excluding carboxylic acids is 2. The Hall–Kier alpha value is -3.07. The molecule has 0 aliphatic rings. The quantitative estimate of drug-likeness (QED) is 0.438. The SMILES string of the molecule is CS(=O)(=O)N(CC(=O)Nc1ccccc1C(=O)NCCc1ccccc1)c1ccc(Cl)cc1Cl. The first kappa shape index (κ1) is 25.6. The molecular formula is C24H23Cl2N3O4S. The highest BCUT2D eigenvalue weighted by Crippen LogP contribution is 2.30. The van der Waals surface area contributed by atoms with Crippen LogP contribution >= 0.6 is 23.2 Å². The summed E-state index contributed by atoms with van der Waals surface area (Å²) >= 11 is 12.1. The minimum atomic E-state index is -3.84. The van der Waals surface area contributed by atoms with Gasteiger partial charge in [-0.25, -0.2) is 8.42 Å². The van der Waals surface area contributed by atoms with Crippen LogP contribution < -0.4 is 14.9 Å². The molecule has 10 heteroatoms. The third kappa shape index (κ3) is 6.96. The number of rotatable bonds is 9. The van der Waals surface area contributed by atoms with Crippen molar-refractivity contribution in [3.63, 3.8) is 0 Å². The van der Waals surface area contributed by atoms with Crippen LogP contribution in [0, 0.1) is 0 Å². The Balaban J connectivity index is 1.71. The van der Waals surface area contributed by atoms with Gasteiger partial charge in [-0.05, 0) is 42.3 Å². The average Bonchev–Trinajstić information content (AvgIpc) is 2.78. The Labute approximate surface area is 208 Å². The molecule has 2 N–H and O–H groups in total. The number of carbonyl (C=O) groups is 2. The van der Waals surface area contributed by atoms with Gasteiger partial charge in [-0.15, -0.1) is 0 Å². The van der Waals surface area contributed by atoms with Crippen molar-refractivity contribution in [2.24, 2.45) is 0 Å². The van der Waals surface area contributed by atoms with Crippen molar-refractivity contribution in [1.82, 2.24) is 5.32 Å². The van der Waals surface area contributed by atoms with Gasteiger partial charge in [0.15, 0.2) is 0 Å². The highest BCUT2D eigenvalue weighted by Gasteiger charge is 2.24. The molecule has 3 aromatic rings. The molecule has 0 fully saturated rings. The highest BCUT2D eigenvalue weighted by atomic mass is 35.5. The maximum Gasteiger partial charge on any atom is 0.253 e. The van der Waals surface area contributed by atoms with Crippen LogP contribution in [0.5, 0.6) is 0 Å². The summed E-state index contributed by atoms with van der Waals surface area (Å²) in [5.41, 5.74) is 1.74. The van der Waals surface area contributed by atoms with E-state index in [0.29, 0.717) is 18.0 Å². The van der Waals surface area contributed by atoms with Crippen molar-refractivity contribution in [1.29, 1.82) is 0 Å². The standard InChI is InChI=1S/C24H23Cl2N3O4S/c1-34(32,33)29(22-12-11-18(25)15-20(22)26)16-23(30)28-21-10-6-5-9-19(21)24(31)27-14-13-17-7-3-2-4-8-17/h2-12,15H,13-14,16H2,1H3,(H,27,31)(H,28,30). The number of hydrogen-bond donors (Lipinski definition) is 2. The lowest BCUT2D eigenvalue weighted by atomic mass is 10.1. The zero-order chi connectivity index (χ0) is 24.7. The smallest absolute Gasteiger partial charge is 0.253 e. The van der Waals surface area contributed by atoms with E-state index in [1.54, 1.807) is 24.3 Å². The number of halogens is 2. The summed E-state index contributed by atoms with van der Waals surface area (Å²) in [6, 6.07) is 20.5. The number of para-hydroxylation sites is 1. The number of anilines is 2. The first-order chi connectivity index (χ1) is 16.1. The Morgan fingerprint density at radius 1 is 0.941 bits per heavy atom. The summed E-state index contributed by atoms with van der Waals surface area (Å²) in [5, 5.41) is 5.89. The predicted molar refractivity (Wildman–Crippen MR) is 136 cm³/mol. The van der Waals surface area contributed by atoms with Crippen molar-refractivity contribution in [2.75, 3.05) is 29.0 Å². The van der Waals surface area contributed by atoms with Crippen LogP contribution in [0.4, 0.5) is 11.4 Å². The molecule has 3 aromatic carbocycles. The molecule has 0 radical (unpaired) electrons. The first-order valence-corrected chi connectivity index (χ1v) is 12.9. The van der Waals surface area contributed by atoms with Gasteiger partial charge in [0, 0.05) is 11.6 Å². The molecular weight excluding hydrogens is 497 g/mol. The van der Waals surface area contributed by atoms with Crippen molar-refractivity contribution in [2.45, 2.75) is 6.42 Å². The maximum atomic E-state index is 12.8. The molecule has 0 saturated carbocycles. The number of nitrogens with zero attached hydrogens (tertiary/aromatic N) is 1. The van der Waals surface area contributed by atoms with Gasteiger partial charge < -0.3 is 10.6 Å². The Kier molecular flexibility index (Phi) is 8.55. The van der Waals surface area contributed by atoms with Crippen LogP contribution in [0.1, 0.15) is 15.9 Å². The van der Waals surface area contributed by atoms with Gasteiger partial charge in [-0.1, -0.05) is 65.7 Å². The molecule has 0 atom stereocenters. The number of benzene rings is 3. The van der Waals surface area contributed by atoms with Crippen molar-refractivity contribution >= 4 is 56.4 Å². The van der Waals surface area contributed by atoms with Crippen LogP contribution in [0.15, 0.2) is 72.8 Å². The molecule has 3 rings (SSSR count). The van der Waals surface area contributed by atoms with Crippen LogP contribution in [0.25, 0.3) is 0 Å². The van der Waals surface area contributed by atoms with Gasteiger partial charge in [0.2, 0.25) is 15.9 Å². The second-order valence-corrected chi connectivity index (χ2v) is 10.2. The topological polar surface area (TPSA) is 95.6 Å². The highest BCUT2D eigenvalue weighted by molar-refractivity contribution is 7.92. The third-order valence-corrected chi connectivity index (χ3v) is 6.52. The van der Waals surface area contributed by atoms with Crippen molar-refractivity contribution in [3.05, 3.63) is 94.0 Å². The molecule has 7 nitrogen and oxygen atoms in total.